The van der Waals surface area contributed by atoms with Crippen LogP contribution < -0.4 is 10.6 Å². The molecule has 0 heterocycles. The zero-order valence-corrected chi connectivity index (χ0v) is 14.1. The number of hydrogen-bond acceptors (Lipinski definition) is 6. The standard InChI is InChI=1S/C15H15ClN4O5/c1-8(2)13(15(22)23)18-7-9(6-17)14(21)19-10-3-4-11(16)12(5-10)20(24)25/h3-5,7-8,13,18H,1-2H3,(H,19,21)(H,22,23)/b9-7-. The lowest BCUT2D eigenvalue weighted by Gasteiger charge is -2.16. The van der Waals surface area contributed by atoms with Gasteiger partial charge in [0.15, 0.2) is 0 Å². The van der Waals surface area contributed by atoms with Crippen molar-refractivity contribution in [3.05, 3.63) is 45.1 Å². The van der Waals surface area contributed by atoms with Gasteiger partial charge in [0.05, 0.1) is 4.92 Å². The highest BCUT2D eigenvalue weighted by Crippen LogP contribution is 2.27. The maximum absolute atomic E-state index is 12.1. The first kappa shape index (κ1) is 19.9. The monoisotopic (exact) mass is 366 g/mol. The van der Waals surface area contributed by atoms with E-state index < -0.39 is 28.5 Å². The summed E-state index contributed by atoms with van der Waals surface area (Å²) >= 11 is 5.68. The number of carbonyl (C=O) groups is 2. The van der Waals surface area contributed by atoms with Crippen LogP contribution in [0.1, 0.15) is 13.8 Å². The van der Waals surface area contributed by atoms with Gasteiger partial charge in [-0.1, -0.05) is 25.4 Å². The highest BCUT2D eigenvalue weighted by Gasteiger charge is 2.21. The van der Waals surface area contributed by atoms with E-state index in [4.69, 9.17) is 22.0 Å². The van der Waals surface area contributed by atoms with Crippen molar-refractivity contribution in [1.29, 1.82) is 5.26 Å². The number of hydrogen-bond donors (Lipinski definition) is 3. The molecule has 10 heteroatoms. The second-order valence-electron chi connectivity index (χ2n) is 5.27. The predicted octanol–water partition coefficient (Wildman–Crippen LogP) is 2.29. The summed E-state index contributed by atoms with van der Waals surface area (Å²) in [4.78, 5) is 33.3. The molecule has 1 unspecified atom stereocenters. The molecule has 0 spiro atoms. The van der Waals surface area contributed by atoms with Crippen LogP contribution in [-0.4, -0.2) is 27.9 Å². The van der Waals surface area contributed by atoms with Crippen molar-refractivity contribution >= 4 is 34.9 Å². The van der Waals surface area contributed by atoms with Gasteiger partial charge in [-0.25, -0.2) is 4.79 Å². The van der Waals surface area contributed by atoms with Crippen molar-refractivity contribution in [3.63, 3.8) is 0 Å². The van der Waals surface area contributed by atoms with E-state index in [2.05, 4.69) is 10.6 Å². The molecule has 0 aliphatic heterocycles. The van der Waals surface area contributed by atoms with E-state index in [9.17, 15) is 19.7 Å². The molecule has 0 fully saturated rings. The van der Waals surface area contributed by atoms with Gasteiger partial charge in [-0.2, -0.15) is 5.26 Å². The van der Waals surface area contributed by atoms with Gasteiger partial charge < -0.3 is 15.7 Å². The second-order valence-corrected chi connectivity index (χ2v) is 5.68. The molecule has 0 saturated heterocycles. The van der Waals surface area contributed by atoms with Gasteiger partial charge in [-0.15, -0.1) is 0 Å². The average molecular weight is 367 g/mol. The Balaban J connectivity index is 2.95. The summed E-state index contributed by atoms with van der Waals surface area (Å²) in [5.41, 5.74) is -0.712. The summed E-state index contributed by atoms with van der Waals surface area (Å²) in [5.74, 6) is -2.26. The minimum absolute atomic E-state index is 0.0703. The van der Waals surface area contributed by atoms with E-state index in [1.807, 2.05) is 0 Å². The Hall–Kier alpha value is -3.12. The molecular weight excluding hydrogens is 352 g/mol. The largest absolute Gasteiger partial charge is 0.480 e. The maximum Gasteiger partial charge on any atom is 0.326 e. The van der Waals surface area contributed by atoms with Gasteiger partial charge in [-0.05, 0) is 18.1 Å². The van der Waals surface area contributed by atoms with Gasteiger partial charge in [0.1, 0.15) is 22.7 Å². The zero-order chi connectivity index (χ0) is 19.1. The summed E-state index contributed by atoms with van der Waals surface area (Å²) in [6, 6.07) is 4.29. The van der Waals surface area contributed by atoms with E-state index in [0.29, 0.717) is 0 Å². The minimum Gasteiger partial charge on any atom is -0.480 e. The molecule has 0 saturated carbocycles. The smallest absolute Gasteiger partial charge is 0.326 e. The number of amides is 1. The molecular formula is C15H15ClN4O5. The first-order chi connectivity index (χ1) is 11.7. The molecule has 0 aromatic heterocycles. The molecule has 1 rings (SSSR count). The van der Waals surface area contributed by atoms with E-state index in [1.54, 1.807) is 19.9 Å². The lowest BCUT2D eigenvalue weighted by molar-refractivity contribution is -0.384. The number of carboxylic acid groups (broad SMARTS) is 1. The fraction of sp³-hybridized carbons (Fsp3) is 0.267. The van der Waals surface area contributed by atoms with Crippen LogP contribution in [0.5, 0.6) is 0 Å². The van der Waals surface area contributed by atoms with E-state index in [0.717, 1.165) is 12.3 Å². The van der Waals surface area contributed by atoms with Gasteiger partial charge >= 0.3 is 5.97 Å². The molecule has 1 atom stereocenters. The Morgan fingerprint density at radius 3 is 2.56 bits per heavy atom. The van der Waals surface area contributed by atoms with Crippen LogP contribution in [0.4, 0.5) is 11.4 Å². The van der Waals surface area contributed by atoms with Crippen molar-refractivity contribution in [2.75, 3.05) is 5.32 Å². The Morgan fingerprint density at radius 1 is 1.44 bits per heavy atom. The van der Waals surface area contributed by atoms with Crippen LogP contribution in [0.2, 0.25) is 5.02 Å². The average Bonchev–Trinajstić information content (AvgIpc) is 2.52. The number of aliphatic carboxylic acids is 1. The van der Waals surface area contributed by atoms with Crippen molar-refractivity contribution in [2.24, 2.45) is 5.92 Å². The molecule has 0 aliphatic rings. The van der Waals surface area contributed by atoms with Gasteiger partial charge in [-0.3, -0.25) is 14.9 Å². The number of nitro benzene ring substituents is 1. The van der Waals surface area contributed by atoms with Crippen LogP contribution >= 0.6 is 11.6 Å². The second kappa shape index (κ2) is 8.65. The number of benzene rings is 1. The van der Waals surface area contributed by atoms with Crippen molar-refractivity contribution in [3.8, 4) is 6.07 Å². The Labute approximate surface area is 148 Å². The van der Waals surface area contributed by atoms with Gasteiger partial charge in [0.25, 0.3) is 11.6 Å². The first-order valence-electron chi connectivity index (χ1n) is 7.01. The molecule has 0 radical (unpaired) electrons. The molecule has 0 bridgehead atoms. The maximum atomic E-state index is 12.1. The van der Waals surface area contributed by atoms with Gasteiger partial charge in [0, 0.05) is 18.0 Å². The molecule has 1 aromatic rings. The molecule has 1 aromatic carbocycles. The Kier molecular flexibility index (Phi) is 6.90. The molecule has 0 aliphatic carbocycles. The fourth-order valence-corrected chi connectivity index (χ4v) is 1.99. The fourth-order valence-electron chi connectivity index (χ4n) is 1.80. The van der Waals surface area contributed by atoms with Crippen LogP contribution in [0.15, 0.2) is 30.0 Å². The number of carbonyl (C=O) groups excluding carboxylic acids is 1. The summed E-state index contributed by atoms with van der Waals surface area (Å²) in [5, 5.41) is 33.7. The highest BCUT2D eigenvalue weighted by atomic mass is 35.5. The quantitative estimate of drug-likeness (QED) is 0.290. The molecule has 25 heavy (non-hydrogen) atoms. The predicted molar refractivity (Wildman–Crippen MR) is 89.8 cm³/mol. The minimum atomic E-state index is -1.13. The topological polar surface area (TPSA) is 145 Å². The third-order valence-corrected chi connectivity index (χ3v) is 3.43. The Bertz CT molecular complexity index is 770. The zero-order valence-electron chi connectivity index (χ0n) is 13.3. The third-order valence-electron chi connectivity index (χ3n) is 3.11. The van der Waals surface area contributed by atoms with Crippen molar-refractivity contribution in [2.45, 2.75) is 19.9 Å². The summed E-state index contributed by atoms with van der Waals surface area (Å²) < 4.78 is 0. The first-order valence-corrected chi connectivity index (χ1v) is 7.39. The molecule has 132 valence electrons. The van der Waals surface area contributed by atoms with Crippen molar-refractivity contribution in [1.82, 2.24) is 5.32 Å². The molecule has 9 nitrogen and oxygen atoms in total. The number of nitro groups is 1. The number of nitriles is 1. The van der Waals surface area contributed by atoms with Crippen LogP contribution in [0.3, 0.4) is 0 Å². The lowest BCUT2D eigenvalue weighted by Crippen LogP contribution is -2.38. The summed E-state index contributed by atoms with van der Waals surface area (Å²) in [6.45, 7) is 3.33. The number of carboxylic acids is 1. The van der Waals surface area contributed by atoms with Crippen LogP contribution in [0, 0.1) is 27.4 Å². The number of rotatable bonds is 7. The lowest BCUT2D eigenvalue weighted by atomic mass is 10.1. The van der Waals surface area contributed by atoms with Crippen LogP contribution in [0.25, 0.3) is 0 Å². The summed E-state index contributed by atoms with van der Waals surface area (Å²) in [6.07, 6.45) is 0.998. The van der Waals surface area contributed by atoms with Gasteiger partial charge in [0.2, 0.25) is 0 Å². The number of nitrogens with one attached hydrogen (secondary N) is 2. The third kappa shape index (κ3) is 5.47. The summed E-state index contributed by atoms with van der Waals surface area (Å²) in [7, 11) is 0. The number of nitrogens with zero attached hydrogens (tertiary/aromatic N) is 2. The van der Waals surface area contributed by atoms with E-state index in [1.165, 1.54) is 12.1 Å². The highest BCUT2D eigenvalue weighted by molar-refractivity contribution is 6.32. The Morgan fingerprint density at radius 2 is 2.08 bits per heavy atom. The number of halogens is 1. The SMILES string of the molecule is CC(C)C(N/C=C(/C#N)C(=O)Nc1ccc(Cl)c([N+](=O)[O-])c1)C(=O)O. The van der Waals surface area contributed by atoms with Crippen LogP contribution in [-0.2, 0) is 9.59 Å². The van der Waals surface area contributed by atoms with Crippen molar-refractivity contribution < 1.29 is 19.6 Å². The molecule has 1 amide bonds. The van der Waals surface area contributed by atoms with E-state index >= 15 is 0 Å². The normalized spacial score (nSPS) is 12.2. The van der Waals surface area contributed by atoms with E-state index in [-0.39, 0.29) is 22.2 Å². The molecule has 3 N–H and O–H groups in total. The number of anilines is 1.